The molecule has 0 saturated carbocycles. The van der Waals surface area contributed by atoms with Crippen molar-refractivity contribution < 1.29 is 23.8 Å². The van der Waals surface area contributed by atoms with Crippen LogP contribution in [0.4, 0.5) is 0 Å². The van der Waals surface area contributed by atoms with Crippen molar-refractivity contribution in [3.8, 4) is 11.5 Å². The molecule has 6 nitrogen and oxygen atoms in total. The lowest BCUT2D eigenvalue weighted by atomic mass is 9.88. The molecule has 120 valence electrons. The summed E-state index contributed by atoms with van der Waals surface area (Å²) in [6.45, 7) is 5.23. The molecule has 0 unspecified atom stereocenters. The highest BCUT2D eigenvalue weighted by atomic mass is 16.5. The molecule has 1 aliphatic rings. The van der Waals surface area contributed by atoms with E-state index < -0.39 is 11.9 Å². The Morgan fingerprint density at radius 3 is 2.55 bits per heavy atom. The van der Waals surface area contributed by atoms with Crippen LogP contribution >= 0.6 is 0 Å². The number of ether oxygens (including phenoxy) is 3. The van der Waals surface area contributed by atoms with E-state index in [-0.39, 0.29) is 11.8 Å². The number of amides is 1. The Morgan fingerprint density at radius 1 is 1.23 bits per heavy atom. The molecule has 1 aromatic carbocycles. The van der Waals surface area contributed by atoms with Crippen LogP contribution in [0.3, 0.4) is 0 Å². The first-order valence-corrected chi connectivity index (χ1v) is 7.37. The van der Waals surface area contributed by atoms with Crippen molar-refractivity contribution in [3.63, 3.8) is 0 Å². The predicted octanol–water partition coefficient (Wildman–Crippen LogP) is 1.49. The molecule has 1 N–H and O–H groups in total. The standard InChI is InChI=1S/C16H21NO5/c1-4-21-12-7-6-10(8-13(12)22-5-2)11-9-17-15(18)14(11)16(19)20-3/h6-8,11,14H,4-5,9H2,1-3H3,(H,17,18)/t11-,14+/m1/s1. The quantitative estimate of drug-likeness (QED) is 0.636. The van der Waals surface area contributed by atoms with E-state index in [4.69, 9.17) is 14.2 Å². The zero-order valence-electron chi connectivity index (χ0n) is 13.0. The molecule has 2 atom stereocenters. The van der Waals surface area contributed by atoms with Crippen LogP contribution in [-0.4, -0.2) is 38.7 Å². The SMILES string of the molecule is CCOc1ccc([C@H]2CNC(=O)[C@H]2C(=O)OC)cc1OCC. The Morgan fingerprint density at radius 2 is 1.91 bits per heavy atom. The van der Waals surface area contributed by atoms with Gasteiger partial charge in [-0.15, -0.1) is 0 Å². The van der Waals surface area contributed by atoms with Crippen molar-refractivity contribution in [2.75, 3.05) is 26.9 Å². The Bertz CT molecular complexity index is 557. The third kappa shape index (κ3) is 3.16. The second-order valence-corrected chi connectivity index (χ2v) is 4.92. The van der Waals surface area contributed by atoms with Gasteiger partial charge in [0.1, 0.15) is 5.92 Å². The summed E-state index contributed by atoms with van der Waals surface area (Å²) >= 11 is 0. The van der Waals surface area contributed by atoms with Crippen LogP contribution in [0.2, 0.25) is 0 Å². The van der Waals surface area contributed by atoms with Crippen molar-refractivity contribution in [2.45, 2.75) is 19.8 Å². The summed E-state index contributed by atoms with van der Waals surface area (Å²) in [6, 6.07) is 5.49. The van der Waals surface area contributed by atoms with E-state index in [0.29, 0.717) is 31.3 Å². The lowest BCUT2D eigenvalue weighted by Gasteiger charge is -2.18. The van der Waals surface area contributed by atoms with Gasteiger partial charge in [-0.2, -0.15) is 0 Å². The molecular weight excluding hydrogens is 286 g/mol. The highest BCUT2D eigenvalue weighted by molar-refractivity contribution is 6.00. The van der Waals surface area contributed by atoms with Gasteiger partial charge in [-0.05, 0) is 31.5 Å². The highest BCUT2D eigenvalue weighted by Gasteiger charge is 2.42. The zero-order chi connectivity index (χ0) is 16.1. The molecule has 22 heavy (non-hydrogen) atoms. The number of carbonyl (C=O) groups excluding carboxylic acids is 2. The molecule has 0 aliphatic carbocycles. The van der Waals surface area contributed by atoms with Crippen LogP contribution in [0.1, 0.15) is 25.3 Å². The number of hydrogen-bond donors (Lipinski definition) is 1. The summed E-state index contributed by atoms with van der Waals surface area (Å²) in [5, 5.41) is 2.71. The summed E-state index contributed by atoms with van der Waals surface area (Å²) in [7, 11) is 1.29. The number of hydrogen-bond acceptors (Lipinski definition) is 5. The smallest absolute Gasteiger partial charge is 0.318 e. The topological polar surface area (TPSA) is 73.9 Å². The van der Waals surface area contributed by atoms with Gasteiger partial charge < -0.3 is 19.5 Å². The van der Waals surface area contributed by atoms with Crippen molar-refractivity contribution in [1.82, 2.24) is 5.32 Å². The minimum absolute atomic E-state index is 0.269. The van der Waals surface area contributed by atoms with Crippen molar-refractivity contribution in [1.29, 1.82) is 0 Å². The van der Waals surface area contributed by atoms with Gasteiger partial charge in [0, 0.05) is 12.5 Å². The van der Waals surface area contributed by atoms with E-state index in [1.54, 1.807) is 6.07 Å². The minimum atomic E-state index is -0.822. The molecule has 0 aromatic heterocycles. The molecule has 6 heteroatoms. The first-order chi connectivity index (χ1) is 10.6. The zero-order valence-corrected chi connectivity index (χ0v) is 13.0. The van der Waals surface area contributed by atoms with Crippen LogP contribution < -0.4 is 14.8 Å². The van der Waals surface area contributed by atoms with Gasteiger partial charge in [0.25, 0.3) is 0 Å². The molecule has 1 saturated heterocycles. The molecule has 1 aliphatic heterocycles. The second-order valence-electron chi connectivity index (χ2n) is 4.92. The molecule has 1 heterocycles. The van der Waals surface area contributed by atoms with Crippen LogP contribution in [-0.2, 0) is 14.3 Å². The van der Waals surface area contributed by atoms with E-state index in [0.717, 1.165) is 5.56 Å². The van der Waals surface area contributed by atoms with Crippen LogP contribution in [0.5, 0.6) is 11.5 Å². The van der Waals surface area contributed by atoms with E-state index in [2.05, 4.69) is 5.32 Å². The van der Waals surface area contributed by atoms with Gasteiger partial charge in [0.15, 0.2) is 11.5 Å². The number of rotatable bonds is 6. The van der Waals surface area contributed by atoms with Gasteiger partial charge in [-0.25, -0.2) is 0 Å². The van der Waals surface area contributed by atoms with Crippen molar-refractivity contribution in [3.05, 3.63) is 23.8 Å². The molecule has 0 spiro atoms. The highest BCUT2D eigenvalue weighted by Crippen LogP contribution is 2.36. The number of methoxy groups -OCH3 is 1. The lowest BCUT2D eigenvalue weighted by molar-refractivity contribution is -0.149. The van der Waals surface area contributed by atoms with Crippen molar-refractivity contribution in [2.24, 2.45) is 5.92 Å². The van der Waals surface area contributed by atoms with Gasteiger partial charge in [-0.1, -0.05) is 6.07 Å². The third-order valence-electron chi connectivity index (χ3n) is 3.63. The van der Waals surface area contributed by atoms with Crippen LogP contribution in [0.25, 0.3) is 0 Å². The van der Waals surface area contributed by atoms with Gasteiger partial charge >= 0.3 is 5.97 Å². The maximum absolute atomic E-state index is 11.9. The predicted molar refractivity (Wildman–Crippen MR) is 80.0 cm³/mol. The number of esters is 1. The van der Waals surface area contributed by atoms with E-state index in [1.165, 1.54) is 7.11 Å². The average molecular weight is 307 g/mol. The van der Waals surface area contributed by atoms with Crippen LogP contribution in [0.15, 0.2) is 18.2 Å². The van der Waals surface area contributed by atoms with E-state index >= 15 is 0 Å². The maximum Gasteiger partial charge on any atom is 0.318 e. The average Bonchev–Trinajstić information content (AvgIpc) is 2.90. The van der Waals surface area contributed by atoms with E-state index in [1.807, 2.05) is 26.0 Å². The fourth-order valence-corrected chi connectivity index (χ4v) is 2.63. The fourth-order valence-electron chi connectivity index (χ4n) is 2.63. The van der Waals surface area contributed by atoms with Crippen molar-refractivity contribution >= 4 is 11.9 Å². The van der Waals surface area contributed by atoms with Gasteiger partial charge in [0.05, 0.1) is 20.3 Å². The first-order valence-electron chi connectivity index (χ1n) is 7.37. The Kier molecular flexibility index (Phi) is 5.25. The summed E-state index contributed by atoms with van der Waals surface area (Å²) in [6.07, 6.45) is 0. The van der Waals surface area contributed by atoms with E-state index in [9.17, 15) is 9.59 Å². The van der Waals surface area contributed by atoms with Gasteiger partial charge in [0.2, 0.25) is 5.91 Å². The van der Waals surface area contributed by atoms with Gasteiger partial charge in [-0.3, -0.25) is 9.59 Å². The summed E-state index contributed by atoms with van der Waals surface area (Å²) in [5.41, 5.74) is 0.848. The molecule has 1 aromatic rings. The Balaban J connectivity index is 2.33. The lowest BCUT2D eigenvalue weighted by Crippen LogP contribution is -2.28. The monoisotopic (exact) mass is 307 g/mol. The Labute approximate surface area is 129 Å². The molecule has 1 fully saturated rings. The molecule has 0 bridgehead atoms. The Hall–Kier alpha value is -2.24. The fraction of sp³-hybridized carbons (Fsp3) is 0.500. The first kappa shape index (κ1) is 16.1. The number of carbonyl (C=O) groups is 2. The largest absolute Gasteiger partial charge is 0.490 e. The third-order valence-corrected chi connectivity index (χ3v) is 3.63. The summed E-state index contributed by atoms with van der Waals surface area (Å²) in [4.78, 5) is 23.7. The summed E-state index contributed by atoms with van der Waals surface area (Å²) in [5.74, 6) is -0.646. The normalized spacial score (nSPS) is 20.4. The maximum atomic E-state index is 11.9. The minimum Gasteiger partial charge on any atom is -0.490 e. The van der Waals surface area contributed by atoms with Crippen LogP contribution in [0, 0.1) is 5.92 Å². The molecule has 0 radical (unpaired) electrons. The number of nitrogens with one attached hydrogen (secondary N) is 1. The second kappa shape index (κ2) is 7.15. The molecule has 2 rings (SSSR count). The molecule has 1 amide bonds. The number of benzene rings is 1. The molecular formula is C16H21NO5. The summed E-state index contributed by atoms with van der Waals surface area (Å²) < 4.78 is 15.9.